The fourth-order valence-electron chi connectivity index (χ4n) is 1.65. The molecule has 0 unspecified atom stereocenters. The molecule has 0 aliphatic rings. The number of hydrogen-bond donors (Lipinski definition) is 0. The fourth-order valence-corrected chi connectivity index (χ4v) is 2.00. The number of rotatable bonds is 10. The van der Waals surface area contributed by atoms with E-state index in [4.69, 9.17) is 0 Å². The van der Waals surface area contributed by atoms with Crippen molar-refractivity contribution in [3.05, 3.63) is 0 Å². The summed E-state index contributed by atoms with van der Waals surface area (Å²) >= 11 is 3.18. The first-order chi connectivity index (χ1) is 7.76. The number of halogens is 2. The summed E-state index contributed by atoms with van der Waals surface area (Å²) in [5, 5.41) is 0.414. The highest BCUT2D eigenvalue weighted by molar-refractivity contribution is 9.09. The molecule has 0 atom stereocenters. The largest absolute Gasteiger partial charge is 0.342 e. The summed E-state index contributed by atoms with van der Waals surface area (Å²) in [6.07, 6.45) is 6.15. The predicted octanol–water partition coefficient (Wildman–Crippen LogP) is 3.54. The van der Waals surface area contributed by atoms with E-state index in [0.717, 1.165) is 45.2 Å². The first-order valence-electron chi connectivity index (χ1n) is 6.16. The molecule has 0 rings (SSSR count). The average Bonchev–Trinajstić information content (AvgIpc) is 2.32. The summed E-state index contributed by atoms with van der Waals surface area (Å²) < 4.78 is 11.8. The van der Waals surface area contributed by atoms with Gasteiger partial charge in [0.15, 0.2) is 0 Å². The molecule has 0 aromatic rings. The molecule has 0 heterocycles. The van der Waals surface area contributed by atoms with Crippen molar-refractivity contribution in [3.8, 4) is 0 Å². The highest BCUT2D eigenvalue weighted by Gasteiger charge is 2.08. The molecule has 0 spiro atoms. The molecule has 16 heavy (non-hydrogen) atoms. The summed E-state index contributed by atoms with van der Waals surface area (Å²) in [5.74, 6) is 0.167. The number of nitrogens with zero attached hydrogens (tertiary/aromatic N) is 1. The van der Waals surface area contributed by atoms with Crippen LogP contribution < -0.4 is 0 Å². The van der Waals surface area contributed by atoms with Crippen LogP contribution >= 0.6 is 15.9 Å². The van der Waals surface area contributed by atoms with Crippen LogP contribution in [0.2, 0.25) is 0 Å². The Balaban J connectivity index is 3.38. The Bertz CT molecular complexity index is 178. The van der Waals surface area contributed by atoms with E-state index in [-0.39, 0.29) is 12.6 Å². The quantitative estimate of drug-likeness (QED) is 0.446. The number of alkyl halides is 2. The van der Waals surface area contributed by atoms with Gasteiger partial charge in [-0.05, 0) is 19.8 Å². The second-order valence-electron chi connectivity index (χ2n) is 3.92. The van der Waals surface area contributed by atoms with Crippen LogP contribution in [0.4, 0.5) is 4.39 Å². The maximum atomic E-state index is 11.8. The Labute approximate surface area is 107 Å². The molecule has 4 heteroatoms. The van der Waals surface area contributed by atoms with E-state index >= 15 is 0 Å². The molecule has 0 radical (unpaired) electrons. The minimum absolute atomic E-state index is 0.167. The van der Waals surface area contributed by atoms with Crippen molar-refractivity contribution in [2.45, 2.75) is 45.4 Å². The van der Waals surface area contributed by atoms with Crippen molar-refractivity contribution in [1.82, 2.24) is 4.90 Å². The third-order valence-electron chi connectivity index (χ3n) is 2.66. The normalized spacial score (nSPS) is 10.4. The molecule has 0 aromatic heterocycles. The molecular weight excluding hydrogens is 273 g/mol. The van der Waals surface area contributed by atoms with Gasteiger partial charge in [-0.25, -0.2) is 0 Å². The zero-order chi connectivity index (χ0) is 12.2. The highest BCUT2D eigenvalue weighted by atomic mass is 79.9. The number of amides is 1. The third-order valence-corrected chi connectivity index (χ3v) is 3.14. The van der Waals surface area contributed by atoms with Gasteiger partial charge < -0.3 is 4.90 Å². The monoisotopic (exact) mass is 295 g/mol. The van der Waals surface area contributed by atoms with Gasteiger partial charge in [-0.1, -0.05) is 41.6 Å². The van der Waals surface area contributed by atoms with Crippen LogP contribution in [0.25, 0.3) is 0 Å². The molecule has 0 aliphatic heterocycles. The SMILES string of the molecule is CCN(CCCCCCCCF)C(=O)CBr. The minimum Gasteiger partial charge on any atom is -0.342 e. The average molecular weight is 296 g/mol. The Morgan fingerprint density at radius 2 is 1.69 bits per heavy atom. The van der Waals surface area contributed by atoms with Crippen LogP contribution in [0.3, 0.4) is 0 Å². The number of hydrogen-bond acceptors (Lipinski definition) is 1. The van der Waals surface area contributed by atoms with E-state index in [9.17, 15) is 9.18 Å². The van der Waals surface area contributed by atoms with Gasteiger partial charge in [-0.15, -0.1) is 0 Å². The second kappa shape index (κ2) is 11.4. The topological polar surface area (TPSA) is 20.3 Å². The summed E-state index contributed by atoms with van der Waals surface area (Å²) in [6.45, 7) is 3.45. The summed E-state index contributed by atoms with van der Waals surface area (Å²) in [5.41, 5.74) is 0. The molecule has 0 bridgehead atoms. The first-order valence-corrected chi connectivity index (χ1v) is 7.28. The van der Waals surface area contributed by atoms with Gasteiger partial charge in [0.2, 0.25) is 5.91 Å². The van der Waals surface area contributed by atoms with Crippen molar-refractivity contribution in [1.29, 1.82) is 0 Å². The molecule has 0 aliphatic carbocycles. The number of carbonyl (C=O) groups excluding carboxylic acids is 1. The standard InChI is InChI=1S/C12H23BrFNO/c1-2-15(12(16)11-13)10-8-6-4-3-5-7-9-14/h2-11H2,1H3. The summed E-state index contributed by atoms with van der Waals surface area (Å²) in [4.78, 5) is 13.3. The van der Waals surface area contributed by atoms with E-state index in [1.165, 1.54) is 0 Å². The summed E-state index contributed by atoms with van der Waals surface area (Å²) in [7, 11) is 0. The Kier molecular flexibility index (Phi) is 11.3. The zero-order valence-electron chi connectivity index (χ0n) is 10.2. The highest BCUT2D eigenvalue weighted by Crippen LogP contribution is 2.07. The van der Waals surface area contributed by atoms with Gasteiger partial charge in [-0.2, -0.15) is 0 Å². The number of carbonyl (C=O) groups is 1. The second-order valence-corrected chi connectivity index (χ2v) is 4.48. The lowest BCUT2D eigenvalue weighted by Crippen LogP contribution is -2.32. The van der Waals surface area contributed by atoms with Crippen molar-refractivity contribution in [2.75, 3.05) is 25.1 Å². The number of unbranched alkanes of at least 4 members (excludes halogenated alkanes) is 5. The Morgan fingerprint density at radius 1 is 1.12 bits per heavy atom. The van der Waals surface area contributed by atoms with Crippen LogP contribution in [-0.2, 0) is 4.79 Å². The Hall–Kier alpha value is -0.120. The van der Waals surface area contributed by atoms with Gasteiger partial charge in [-0.3, -0.25) is 9.18 Å². The van der Waals surface area contributed by atoms with Crippen LogP contribution in [0, 0.1) is 0 Å². The van der Waals surface area contributed by atoms with Crippen LogP contribution in [0.1, 0.15) is 45.4 Å². The lowest BCUT2D eigenvalue weighted by Gasteiger charge is -2.19. The smallest absolute Gasteiger partial charge is 0.233 e. The van der Waals surface area contributed by atoms with E-state index < -0.39 is 0 Å². The lowest BCUT2D eigenvalue weighted by molar-refractivity contribution is -0.128. The fraction of sp³-hybridized carbons (Fsp3) is 0.917. The molecule has 0 fully saturated rings. The van der Waals surface area contributed by atoms with Crippen molar-refractivity contribution < 1.29 is 9.18 Å². The predicted molar refractivity (Wildman–Crippen MR) is 69.7 cm³/mol. The van der Waals surface area contributed by atoms with Crippen LogP contribution in [0.5, 0.6) is 0 Å². The molecule has 0 aromatic carbocycles. The molecule has 0 saturated heterocycles. The maximum Gasteiger partial charge on any atom is 0.233 e. The Morgan fingerprint density at radius 3 is 2.19 bits per heavy atom. The van der Waals surface area contributed by atoms with Crippen molar-refractivity contribution in [3.63, 3.8) is 0 Å². The molecule has 1 amide bonds. The molecule has 2 nitrogen and oxygen atoms in total. The van der Waals surface area contributed by atoms with Crippen molar-refractivity contribution in [2.24, 2.45) is 0 Å². The van der Waals surface area contributed by atoms with Crippen LogP contribution in [0.15, 0.2) is 0 Å². The third kappa shape index (κ3) is 8.08. The van der Waals surface area contributed by atoms with Crippen LogP contribution in [-0.4, -0.2) is 35.9 Å². The van der Waals surface area contributed by atoms with E-state index in [1.54, 1.807) is 0 Å². The van der Waals surface area contributed by atoms with Gasteiger partial charge in [0.25, 0.3) is 0 Å². The van der Waals surface area contributed by atoms with Gasteiger partial charge in [0, 0.05) is 13.1 Å². The molecular formula is C12H23BrFNO. The molecule has 96 valence electrons. The lowest BCUT2D eigenvalue weighted by atomic mass is 10.1. The molecule has 0 saturated carbocycles. The maximum absolute atomic E-state index is 11.8. The summed E-state index contributed by atoms with van der Waals surface area (Å²) in [6, 6.07) is 0. The van der Waals surface area contributed by atoms with E-state index in [2.05, 4.69) is 15.9 Å². The zero-order valence-corrected chi connectivity index (χ0v) is 11.8. The molecule has 0 N–H and O–H groups in total. The minimum atomic E-state index is -0.191. The van der Waals surface area contributed by atoms with Gasteiger partial charge >= 0.3 is 0 Å². The van der Waals surface area contributed by atoms with Gasteiger partial charge in [0.05, 0.1) is 12.0 Å². The van der Waals surface area contributed by atoms with E-state index in [0.29, 0.717) is 11.8 Å². The van der Waals surface area contributed by atoms with E-state index in [1.807, 2.05) is 11.8 Å². The first kappa shape index (κ1) is 15.9. The van der Waals surface area contributed by atoms with Crippen molar-refractivity contribution >= 4 is 21.8 Å². The van der Waals surface area contributed by atoms with Gasteiger partial charge in [0.1, 0.15) is 0 Å².